The van der Waals surface area contributed by atoms with Gasteiger partial charge in [0.05, 0.1) is 29.3 Å². The lowest BCUT2D eigenvalue weighted by Crippen LogP contribution is -2.29. The first-order chi connectivity index (χ1) is 16.3. The van der Waals surface area contributed by atoms with Crippen LogP contribution in [0.15, 0.2) is 45.6 Å². The van der Waals surface area contributed by atoms with Crippen molar-refractivity contribution in [2.45, 2.75) is 40.2 Å². The van der Waals surface area contributed by atoms with Gasteiger partial charge in [-0.2, -0.15) is 0 Å². The second-order valence-electron chi connectivity index (χ2n) is 8.41. The van der Waals surface area contributed by atoms with Crippen molar-refractivity contribution in [1.29, 1.82) is 0 Å². The van der Waals surface area contributed by atoms with Gasteiger partial charge in [-0.3, -0.25) is 14.5 Å². The summed E-state index contributed by atoms with van der Waals surface area (Å²) in [5, 5.41) is 1.34. The van der Waals surface area contributed by atoms with E-state index in [0.29, 0.717) is 33.5 Å². The van der Waals surface area contributed by atoms with Gasteiger partial charge in [-0.05, 0) is 62.6 Å². The van der Waals surface area contributed by atoms with Gasteiger partial charge >= 0.3 is 0 Å². The lowest BCUT2D eigenvalue weighted by molar-refractivity contribution is 0.0971. The Labute approximate surface area is 205 Å². The highest BCUT2D eigenvalue weighted by Gasteiger charge is 2.45. The number of aromatic nitrogens is 1. The lowest BCUT2D eigenvalue weighted by Gasteiger charge is -2.23. The van der Waals surface area contributed by atoms with Crippen LogP contribution < -0.4 is 15.1 Å². The number of nitrogens with zero attached hydrogens (tertiary/aromatic N) is 2. The van der Waals surface area contributed by atoms with Crippen LogP contribution in [0.1, 0.15) is 57.2 Å². The molecule has 0 spiro atoms. The number of benzene rings is 2. The first-order valence-electron chi connectivity index (χ1n) is 11.1. The molecule has 2 aromatic carbocycles. The molecule has 4 aromatic rings. The summed E-state index contributed by atoms with van der Waals surface area (Å²) in [6, 6.07) is 10.1. The number of carbonyl (C=O) groups excluding carboxylic acids is 1. The molecule has 0 fully saturated rings. The van der Waals surface area contributed by atoms with Crippen LogP contribution in [0.3, 0.4) is 0 Å². The maximum Gasteiger partial charge on any atom is 0.297 e. The summed E-state index contributed by atoms with van der Waals surface area (Å²) in [5.74, 6) is 0.324. The van der Waals surface area contributed by atoms with Gasteiger partial charge < -0.3 is 9.15 Å². The van der Waals surface area contributed by atoms with E-state index < -0.39 is 6.04 Å². The fraction of sp³-hybridized carbons (Fsp3) is 0.269. The zero-order valence-corrected chi connectivity index (χ0v) is 20.8. The van der Waals surface area contributed by atoms with Crippen molar-refractivity contribution in [2.75, 3.05) is 11.5 Å². The summed E-state index contributed by atoms with van der Waals surface area (Å²) < 4.78 is 11.9. The zero-order chi connectivity index (χ0) is 24.1. The SMILES string of the molecule is CCCOc1cccc(C2c3c(oc4cc(C)c(Cl)cc4c3=O)C(=O)N2c2nc(C)c(C)s2)c1. The number of hydrogen-bond acceptors (Lipinski definition) is 6. The molecule has 6 nitrogen and oxygen atoms in total. The highest BCUT2D eigenvalue weighted by Crippen LogP contribution is 2.43. The topological polar surface area (TPSA) is 72.6 Å². The van der Waals surface area contributed by atoms with Gasteiger partial charge in [-0.1, -0.05) is 30.7 Å². The van der Waals surface area contributed by atoms with Gasteiger partial charge in [-0.25, -0.2) is 4.98 Å². The molecule has 1 atom stereocenters. The average molecular weight is 495 g/mol. The zero-order valence-electron chi connectivity index (χ0n) is 19.3. The molecule has 0 radical (unpaired) electrons. The molecule has 0 bridgehead atoms. The Bertz CT molecular complexity index is 1490. The smallest absolute Gasteiger partial charge is 0.297 e. The van der Waals surface area contributed by atoms with E-state index in [0.717, 1.165) is 28.1 Å². The third kappa shape index (κ3) is 3.60. The second kappa shape index (κ2) is 8.56. The van der Waals surface area contributed by atoms with Gasteiger partial charge in [0.2, 0.25) is 5.76 Å². The van der Waals surface area contributed by atoms with Gasteiger partial charge in [0.1, 0.15) is 11.3 Å². The van der Waals surface area contributed by atoms with Crippen LogP contribution in [0, 0.1) is 20.8 Å². The largest absolute Gasteiger partial charge is 0.494 e. The minimum absolute atomic E-state index is 0.0367. The standard InChI is InChI=1S/C26H23ClN2O4S/c1-5-9-32-17-8-6-7-16(11-17)22-21-23(30)18-12-19(27)13(2)10-20(18)33-24(21)25(31)29(22)26-28-14(3)15(4)34-26/h6-8,10-12,22H,5,9H2,1-4H3. The van der Waals surface area contributed by atoms with E-state index in [1.165, 1.54) is 11.3 Å². The first-order valence-corrected chi connectivity index (χ1v) is 12.3. The molecular formula is C26H23ClN2O4S. The van der Waals surface area contributed by atoms with Crippen molar-refractivity contribution < 1.29 is 13.9 Å². The molecule has 1 aliphatic rings. The lowest BCUT2D eigenvalue weighted by atomic mass is 9.98. The van der Waals surface area contributed by atoms with E-state index >= 15 is 0 Å². The summed E-state index contributed by atoms with van der Waals surface area (Å²) in [7, 11) is 0. The third-order valence-corrected chi connectivity index (χ3v) is 7.50. The van der Waals surface area contributed by atoms with Crippen molar-refractivity contribution in [3.63, 3.8) is 0 Å². The van der Waals surface area contributed by atoms with Gasteiger partial charge in [-0.15, -0.1) is 11.3 Å². The molecule has 0 N–H and O–H groups in total. The monoisotopic (exact) mass is 494 g/mol. The summed E-state index contributed by atoms with van der Waals surface area (Å²) >= 11 is 7.74. The minimum Gasteiger partial charge on any atom is -0.494 e. The van der Waals surface area contributed by atoms with E-state index in [1.54, 1.807) is 17.0 Å². The van der Waals surface area contributed by atoms with Gasteiger partial charge in [0, 0.05) is 9.90 Å². The van der Waals surface area contributed by atoms with Crippen molar-refractivity contribution in [1.82, 2.24) is 4.98 Å². The molecule has 0 saturated carbocycles. The average Bonchev–Trinajstić information content (AvgIpc) is 3.30. The van der Waals surface area contributed by atoms with E-state index in [1.807, 2.05) is 52.0 Å². The van der Waals surface area contributed by atoms with Crippen molar-refractivity contribution in [3.05, 3.63) is 84.7 Å². The first kappa shape index (κ1) is 22.6. The Hall–Kier alpha value is -3.16. The molecule has 34 heavy (non-hydrogen) atoms. The normalized spacial score (nSPS) is 15.3. The number of fused-ring (bicyclic) bond motifs is 2. The van der Waals surface area contributed by atoms with E-state index in [-0.39, 0.29) is 22.7 Å². The van der Waals surface area contributed by atoms with Crippen LogP contribution in [0.25, 0.3) is 11.0 Å². The number of carbonyl (C=O) groups is 1. The predicted octanol–water partition coefficient (Wildman–Crippen LogP) is 6.37. The van der Waals surface area contributed by atoms with E-state index in [9.17, 15) is 9.59 Å². The Morgan fingerprint density at radius 2 is 1.97 bits per heavy atom. The quantitative estimate of drug-likeness (QED) is 0.322. The Morgan fingerprint density at radius 3 is 2.68 bits per heavy atom. The van der Waals surface area contributed by atoms with Crippen LogP contribution in [-0.2, 0) is 0 Å². The third-order valence-electron chi connectivity index (χ3n) is 6.02. The molecule has 8 heteroatoms. The Balaban J connectivity index is 1.77. The summed E-state index contributed by atoms with van der Waals surface area (Å²) in [4.78, 5) is 34.7. The van der Waals surface area contributed by atoms with Gasteiger partial charge in [0.15, 0.2) is 10.6 Å². The highest BCUT2D eigenvalue weighted by molar-refractivity contribution is 7.15. The van der Waals surface area contributed by atoms with Crippen molar-refractivity contribution >= 4 is 44.9 Å². The molecule has 0 aliphatic carbocycles. The van der Waals surface area contributed by atoms with E-state index in [2.05, 4.69) is 4.98 Å². The second-order valence-corrected chi connectivity index (χ2v) is 10.00. The highest BCUT2D eigenvalue weighted by atomic mass is 35.5. The molecule has 1 amide bonds. The van der Waals surface area contributed by atoms with Crippen LogP contribution in [0.5, 0.6) is 5.75 Å². The molecule has 3 heterocycles. The number of halogens is 1. The van der Waals surface area contributed by atoms with Crippen LogP contribution >= 0.6 is 22.9 Å². The Kier molecular flexibility index (Phi) is 5.70. The fourth-order valence-corrected chi connectivity index (χ4v) is 5.26. The summed E-state index contributed by atoms with van der Waals surface area (Å²) in [6.45, 7) is 8.30. The number of rotatable bonds is 5. The van der Waals surface area contributed by atoms with Gasteiger partial charge in [0.25, 0.3) is 5.91 Å². The van der Waals surface area contributed by atoms with Crippen molar-refractivity contribution in [2.24, 2.45) is 0 Å². The maximum absolute atomic E-state index is 13.8. The number of aryl methyl sites for hydroxylation is 3. The number of anilines is 1. The minimum atomic E-state index is -0.696. The maximum atomic E-state index is 13.8. The molecule has 1 aliphatic heterocycles. The summed E-state index contributed by atoms with van der Waals surface area (Å²) in [6.07, 6.45) is 0.870. The van der Waals surface area contributed by atoms with Crippen molar-refractivity contribution in [3.8, 4) is 5.75 Å². The Morgan fingerprint density at radius 1 is 1.18 bits per heavy atom. The summed E-state index contributed by atoms with van der Waals surface area (Å²) in [5.41, 5.74) is 2.71. The van der Waals surface area contributed by atoms with E-state index in [4.69, 9.17) is 20.8 Å². The molecule has 174 valence electrons. The molecular weight excluding hydrogens is 472 g/mol. The number of amides is 1. The van der Waals surface area contributed by atoms with Crippen LogP contribution in [-0.4, -0.2) is 17.5 Å². The number of hydrogen-bond donors (Lipinski definition) is 0. The number of ether oxygens (including phenoxy) is 1. The molecule has 0 saturated heterocycles. The molecule has 1 unspecified atom stereocenters. The molecule has 5 rings (SSSR count). The predicted molar refractivity (Wildman–Crippen MR) is 135 cm³/mol. The molecule has 2 aromatic heterocycles. The number of thiazole rings is 1. The van der Waals surface area contributed by atoms with Crippen LogP contribution in [0.4, 0.5) is 5.13 Å². The fourth-order valence-electron chi connectivity index (χ4n) is 4.16. The van der Waals surface area contributed by atoms with Crippen LogP contribution in [0.2, 0.25) is 5.02 Å².